The van der Waals surface area contributed by atoms with Crippen LogP contribution in [0.5, 0.6) is 0 Å². The van der Waals surface area contributed by atoms with E-state index in [0.29, 0.717) is 0 Å². The van der Waals surface area contributed by atoms with Crippen LogP contribution in [0.15, 0.2) is 30.3 Å². The highest BCUT2D eigenvalue weighted by Gasteiger charge is 1.95. The minimum absolute atomic E-state index is 0. The molecular weight excluding hydrogens is 184 g/mol. The molecule has 12 heavy (non-hydrogen) atoms. The Labute approximate surface area is 83.6 Å². The monoisotopic (exact) mass is 200 g/mol. The third kappa shape index (κ3) is 4.57. The average Bonchev–Trinajstić information content (AvgIpc) is 2.03. The molecule has 0 spiro atoms. The minimum Gasteiger partial charge on any atom is -0.147 e. The topological polar surface area (TPSA) is 0 Å². The zero-order valence-electron chi connectivity index (χ0n) is 7.79. The second-order valence-corrected chi connectivity index (χ2v) is 6.13. The van der Waals surface area contributed by atoms with Gasteiger partial charge in [0.25, 0.3) is 0 Å². The van der Waals surface area contributed by atoms with Gasteiger partial charge < -0.3 is 0 Å². The normalized spacial score (nSPS) is 10.6. The fourth-order valence-corrected chi connectivity index (χ4v) is 2.34. The molecule has 0 unspecified atom stereocenters. The summed E-state index contributed by atoms with van der Waals surface area (Å²) in [6.07, 6.45) is 0. The molecule has 2 heteroatoms. The van der Waals surface area contributed by atoms with Crippen molar-refractivity contribution in [2.75, 3.05) is 0 Å². The SMILES string of the molecule is CC(C)[SiH2]Cc1ccccc1.Cl. The molecule has 68 valence electrons. The number of benzene rings is 1. The molecule has 0 amide bonds. The van der Waals surface area contributed by atoms with Gasteiger partial charge in [-0.15, -0.1) is 12.4 Å². The van der Waals surface area contributed by atoms with Crippen molar-refractivity contribution in [2.24, 2.45) is 0 Å². The summed E-state index contributed by atoms with van der Waals surface area (Å²) in [7, 11) is 0.148. The van der Waals surface area contributed by atoms with Crippen LogP contribution in [0.1, 0.15) is 19.4 Å². The van der Waals surface area contributed by atoms with Crippen molar-refractivity contribution in [3.8, 4) is 0 Å². The number of halogens is 1. The molecule has 1 rings (SSSR count). The van der Waals surface area contributed by atoms with Gasteiger partial charge in [0.2, 0.25) is 0 Å². The van der Waals surface area contributed by atoms with Crippen LogP contribution in [0.3, 0.4) is 0 Å². The summed E-state index contributed by atoms with van der Waals surface area (Å²) in [5.41, 5.74) is 2.48. The Morgan fingerprint density at radius 2 is 1.75 bits per heavy atom. The summed E-state index contributed by atoms with van der Waals surface area (Å²) in [5, 5.41) is 0. The predicted octanol–water partition coefficient (Wildman–Crippen LogP) is 2.61. The molecule has 0 fully saturated rings. The van der Waals surface area contributed by atoms with Crippen molar-refractivity contribution >= 4 is 21.9 Å². The summed E-state index contributed by atoms with van der Waals surface area (Å²) >= 11 is 0. The molecule has 0 atom stereocenters. The third-order valence-corrected chi connectivity index (χ3v) is 3.87. The van der Waals surface area contributed by atoms with E-state index < -0.39 is 0 Å². The lowest BCUT2D eigenvalue weighted by molar-refractivity contribution is 1.04. The van der Waals surface area contributed by atoms with Gasteiger partial charge >= 0.3 is 0 Å². The van der Waals surface area contributed by atoms with Crippen LogP contribution < -0.4 is 0 Å². The van der Waals surface area contributed by atoms with Crippen LogP contribution in [-0.2, 0) is 6.04 Å². The fourth-order valence-electron chi connectivity index (χ4n) is 1.10. The van der Waals surface area contributed by atoms with E-state index in [9.17, 15) is 0 Å². The van der Waals surface area contributed by atoms with E-state index in [2.05, 4.69) is 44.2 Å². The first-order valence-corrected chi connectivity index (χ1v) is 6.14. The lowest BCUT2D eigenvalue weighted by atomic mass is 10.2. The van der Waals surface area contributed by atoms with Gasteiger partial charge in [0.15, 0.2) is 0 Å². The summed E-state index contributed by atoms with van der Waals surface area (Å²) < 4.78 is 0. The molecule has 0 aliphatic rings. The second kappa shape index (κ2) is 6.27. The van der Waals surface area contributed by atoms with Crippen molar-refractivity contribution in [1.29, 1.82) is 0 Å². The second-order valence-electron chi connectivity index (χ2n) is 3.42. The van der Waals surface area contributed by atoms with E-state index in [0.717, 1.165) is 5.54 Å². The van der Waals surface area contributed by atoms with Crippen LogP contribution in [0, 0.1) is 0 Å². The van der Waals surface area contributed by atoms with E-state index in [1.54, 1.807) is 0 Å². The molecule has 1 aromatic carbocycles. The van der Waals surface area contributed by atoms with Crippen molar-refractivity contribution in [3.05, 3.63) is 35.9 Å². The molecule has 0 saturated carbocycles. The van der Waals surface area contributed by atoms with Gasteiger partial charge in [0.05, 0.1) is 0 Å². The minimum atomic E-state index is 0. The Hall–Kier alpha value is -0.273. The van der Waals surface area contributed by atoms with Crippen molar-refractivity contribution < 1.29 is 0 Å². The zero-order valence-corrected chi connectivity index (χ0v) is 10.0. The Morgan fingerprint density at radius 3 is 2.25 bits per heavy atom. The highest BCUT2D eigenvalue weighted by atomic mass is 35.5. The first kappa shape index (κ1) is 11.7. The van der Waals surface area contributed by atoms with Crippen LogP contribution >= 0.6 is 12.4 Å². The first-order valence-electron chi connectivity index (χ1n) is 4.33. The molecular formula is C10H17ClSi. The molecule has 0 nitrogen and oxygen atoms in total. The summed E-state index contributed by atoms with van der Waals surface area (Å²) in [4.78, 5) is 0. The fraction of sp³-hybridized carbons (Fsp3) is 0.400. The van der Waals surface area contributed by atoms with E-state index >= 15 is 0 Å². The Bertz CT molecular complexity index is 196. The van der Waals surface area contributed by atoms with Gasteiger partial charge in [0, 0.05) is 9.52 Å². The van der Waals surface area contributed by atoms with E-state index in [4.69, 9.17) is 0 Å². The van der Waals surface area contributed by atoms with Crippen LogP contribution in [0.4, 0.5) is 0 Å². The largest absolute Gasteiger partial charge is 0.147 e. The third-order valence-electron chi connectivity index (χ3n) is 1.85. The molecule has 0 radical (unpaired) electrons. The number of rotatable bonds is 3. The van der Waals surface area contributed by atoms with E-state index in [1.165, 1.54) is 11.6 Å². The quantitative estimate of drug-likeness (QED) is 0.659. The summed E-state index contributed by atoms with van der Waals surface area (Å²) in [6.45, 7) is 4.66. The van der Waals surface area contributed by atoms with Gasteiger partial charge in [-0.25, -0.2) is 0 Å². The summed E-state index contributed by atoms with van der Waals surface area (Å²) in [5.74, 6) is 0. The van der Waals surface area contributed by atoms with E-state index in [-0.39, 0.29) is 21.9 Å². The molecule has 0 aromatic heterocycles. The molecule has 1 aromatic rings. The van der Waals surface area contributed by atoms with Crippen molar-refractivity contribution in [3.63, 3.8) is 0 Å². The molecule has 0 saturated heterocycles. The molecule has 0 N–H and O–H groups in total. The Kier molecular flexibility index (Phi) is 6.12. The van der Waals surface area contributed by atoms with Gasteiger partial charge in [-0.3, -0.25) is 0 Å². The number of hydrogen-bond acceptors (Lipinski definition) is 0. The molecule has 0 aliphatic heterocycles. The molecule has 0 aliphatic carbocycles. The van der Waals surface area contributed by atoms with Gasteiger partial charge in [-0.05, 0) is 6.04 Å². The molecule has 0 bridgehead atoms. The molecule has 0 heterocycles. The smallest absolute Gasteiger partial charge is 0.0273 e. The van der Waals surface area contributed by atoms with Gasteiger partial charge in [-0.2, -0.15) is 0 Å². The maximum atomic E-state index is 2.33. The van der Waals surface area contributed by atoms with Gasteiger partial charge in [-0.1, -0.05) is 55.3 Å². The van der Waals surface area contributed by atoms with Crippen LogP contribution in [0.25, 0.3) is 0 Å². The zero-order chi connectivity index (χ0) is 8.10. The average molecular weight is 201 g/mol. The van der Waals surface area contributed by atoms with Crippen molar-refractivity contribution in [2.45, 2.75) is 25.4 Å². The maximum Gasteiger partial charge on any atom is 0.0273 e. The highest BCUT2D eigenvalue weighted by molar-refractivity contribution is 6.36. The first-order chi connectivity index (χ1) is 5.29. The van der Waals surface area contributed by atoms with Crippen LogP contribution in [-0.4, -0.2) is 9.52 Å². The predicted molar refractivity (Wildman–Crippen MR) is 61.0 cm³/mol. The van der Waals surface area contributed by atoms with Crippen molar-refractivity contribution in [1.82, 2.24) is 0 Å². The number of hydrogen-bond donors (Lipinski definition) is 0. The maximum absolute atomic E-state index is 2.33. The van der Waals surface area contributed by atoms with Gasteiger partial charge in [0.1, 0.15) is 0 Å². The van der Waals surface area contributed by atoms with Crippen LogP contribution in [0.2, 0.25) is 5.54 Å². The highest BCUT2D eigenvalue weighted by Crippen LogP contribution is 2.04. The standard InChI is InChI=1S/C10H16Si.ClH/c1-9(2)11-8-10-6-4-3-5-7-10;/h3-7,9H,8,11H2,1-2H3;1H. The Morgan fingerprint density at radius 1 is 1.17 bits per heavy atom. The summed E-state index contributed by atoms with van der Waals surface area (Å²) in [6, 6.07) is 12.2. The lowest BCUT2D eigenvalue weighted by Gasteiger charge is -2.02. The lowest BCUT2D eigenvalue weighted by Crippen LogP contribution is -1.99. The van der Waals surface area contributed by atoms with E-state index in [1.807, 2.05) is 0 Å². The Balaban J connectivity index is 0.00000121.